The van der Waals surface area contributed by atoms with Crippen LogP contribution in [0.25, 0.3) is 0 Å². The quantitative estimate of drug-likeness (QED) is 0.0721. The maximum Gasteiger partial charge on any atom is 0.307 e. The van der Waals surface area contributed by atoms with E-state index in [1.54, 1.807) is 0 Å². The van der Waals surface area contributed by atoms with Gasteiger partial charge in [0.2, 0.25) is 0 Å². The molecule has 0 unspecified atom stereocenters. The number of methoxy groups -OCH3 is 1. The van der Waals surface area contributed by atoms with Crippen molar-refractivity contribution in [3.05, 3.63) is 0 Å². The lowest BCUT2D eigenvalue weighted by atomic mass is 10.2. The van der Waals surface area contributed by atoms with Gasteiger partial charge in [-0.15, -0.1) is 0 Å². The molecular formula is C30H56O16. The standard InChI is InChI=1S/C30H56O16/c1-35-29(33)6-7-36-8-9-37-10-11-38-12-13-39-14-15-40-16-17-41-18-19-42-20-21-43-22-23-44-24-25-45-26-27-46-30(34)5-3-2-4-28(31)32/h2-27H2,1H3,(H,31,32). The molecule has 0 saturated heterocycles. The SMILES string of the molecule is COC(=O)CCOCCOCCOCCOCCOCCOCCOCCOCCOCCOCCOC(=O)CCCCC(=O)O. The molecule has 0 aliphatic rings. The summed E-state index contributed by atoms with van der Waals surface area (Å²) in [4.78, 5) is 32.8. The Bertz CT molecular complexity index is 681. The third-order valence-corrected chi connectivity index (χ3v) is 5.54. The molecule has 0 rings (SSSR count). The Morgan fingerprint density at radius 2 is 0.652 bits per heavy atom. The zero-order chi connectivity index (χ0) is 33.6. The van der Waals surface area contributed by atoms with Crippen molar-refractivity contribution in [2.24, 2.45) is 0 Å². The highest BCUT2D eigenvalue weighted by Gasteiger charge is 2.04. The van der Waals surface area contributed by atoms with E-state index < -0.39 is 5.97 Å². The van der Waals surface area contributed by atoms with Gasteiger partial charge in [-0.05, 0) is 12.8 Å². The van der Waals surface area contributed by atoms with Gasteiger partial charge < -0.3 is 61.9 Å². The van der Waals surface area contributed by atoms with Crippen LogP contribution >= 0.6 is 0 Å². The molecule has 0 aromatic carbocycles. The van der Waals surface area contributed by atoms with Crippen molar-refractivity contribution in [1.29, 1.82) is 0 Å². The van der Waals surface area contributed by atoms with E-state index in [0.717, 1.165) is 0 Å². The molecule has 0 aliphatic carbocycles. The van der Waals surface area contributed by atoms with Crippen molar-refractivity contribution >= 4 is 17.9 Å². The number of carbonyl (C=O) groups excluding carboxylic acids is 2. The van der Waals surface area contributed by atoms with Gasteiger partial charge in [-0.3, -0.25) is 14.4 Å². The Morgan fingerprint density at radius 1 is 0.370 bits per heavy atom. The average Bonchev–Trinajstić information content (AvgIpc) is 3.05. The van der Waals surface area contributed by atoms with E-state index >= 15 is 0 Å². The minimum Gasteiger partial charge on any atom is -0.481 e. The predicted molar refractivity (Wildman–Crippen MR) is 162 cm³/mol. The lowest BCUT2D eigenvalue weighted by molar-refractivity contribution is -0.146. The van der Waals surface area contributed by atoms with Crippen molar-refractivity contribution in [2.75, 3.05) is 146 Å². The van der Waals surface area contributed by atoms with Gasteiger partial charge in [-0.1, -0.05) is 0 Å². The smallest absolute Gasteiger partial charge is 0.307 e. The molecule has 0 aromatic heterocycles. The van der Waals surface area contributed by atoms with E-state index in [1.807, 2.05) is 0 Å². The van der Waals surface area contributed by atoms with Gasteiger partial charge in [0.15, 0.2) is 0 Å². The van der Waals surface area contributed by atoms with Crippen LogP contribution in [0.5, 0.6) is 0 Å². The third kappa shape index (κ3) is 38.2. The number of unbranched alkanes of at least 4 members (excludes halogenated alkanes) is 1. The van der Waals surface area contributed by atoms with Crippen molar-refractivity contribution in [2.45, 2.75) is 32.1 Å². The number of ether oxygens (including phenoxy) is 12. The molecule has 272 valence electrons. The minimum absolute atomic E-state index is 0.0571. The van der Waals surface area contributed by atoms with Crippen LogP contribution in [0.2, 0.25) is 0 Å². The topological polar surface area (TPSA) is 182 Å². The van der Waals surface area contributed by atoms with Gasteiger partial charge >= 0.3 is 17.9 Å². The summed E-state index contributed by atoms with van der Waals surface area (Å²) >= 11 is 0. The zero-order valence-corrected chi connectivity index (χ0v) is 27.5. The molecule has 0 heterocycles. The van der Waals surface area contributed by atoms with Gasteiger partial charge in [0.05, 0.1) is 146 Å². The van der Waals surface area contributed by atoms with Gasteiger partial charge in [0.1, 0.15) is 6.61 Å². The monoisotopic (exact) mass is 672 g/mol. The number of hydrogen-bond donors (Lipinski definition) is 1. The van der Waals surface area contributed by atoms with Gasteiger partial charge in [0.25, 0.3) is 0 Å². The molecular weight excluding hydrogens is 616 g/mol. The first-order valence-electron chi connectivity index (χ1n) is 15.8. The molecule has 0 aliphatic heterocycles. The normalized spacial score (nSPS) is 11.2. The predicted octanol–water partition coefficient (Wildman–Crippen LogP) is 0.904. The number of hydrogen-bond acceptors (Lipinski definition) is 15. The van der Waals surface area contributed by atoms with Crippen molar-refractivity contribution < 1.29 is 76.3 Å². The Labute approximate surface area is 272 Å². The minimum atomic E-state index is -0.866. The number of esters is 2. The molecule has 0 bridgehead atoms. The Kier molecular flexibility index (Phi) is 35.8. The van der Waals surface area contributed by atoms with Gasteiger partial charge in [0, 0.05) is 12.8 Å². The van der Waals surface area contributed by atoms with Crippen LogP contribution in [0, 0.1) is 0 Å². The summed E-state index contributed by atoms with van der Waals surface area (Å²) in [7, 11) is 1.35. The molecule has 0 aromatic rings. The fraction of sp³-hybridized carbons (Fsp3) is 0.900. The van der Waals surface area contributed by atoms with Crippen molar-refractivity contribution in [1.82, 2.24) is 0 Å². The van der Waals surface area contributed by atoms with E-state index in [4.69, 9.17) is 57.2 Å². The van der Waals surface area contributed by atoms with Crippen LogP contribution in [0.1, 0.15) is 32.1 Å². The zero-order valence-electron chi connectivity index (χ0n) is 27.5. The summed E-state index contributed by atoms with van der Waals surface area (Å²) in [6.07, 6.45) is 1.46. The maximum atomic E-state index is 11.5. The van der Waals surface area contributed by atoms with Crippen LogP contribution in [-0.2, 0) is 71.2 Å². The van der Waals surface area contributed by atoms with E-state index in [1.165, 1.54) is 7.11 Å². The summed E-state index contributed by atoms with van der Waals surface area (Å²) in [5.74, 6) is -1.51. The number of aliphatic carboxylic acids is 1. The van der Waals surface area contributed by atoms with Crippen LogP contribution in [-0.4, -0.2) is 169 Å². The molecule has 16 nitrogen and oxygen atoms in total. The molecule has 0 saturated carbocycles. The largest absolute Gasteiger partial charge is 0.481 e. The van der Waals surface area contributed by atoms with E-state index in [2.05, 4.69) is 4.74 Å². The Hall–Kier alpha value is -1.99. The van der Waals surface area contributed by atoms with Gasteiger partial charge in [-0.2, -0.15) is 0 Å². The molecule has 0 radical (unpaired) electrons. The Balaban J connectivity index is 3.11. The lowest BCUT2D eigenvalue weighted by Gasteiger charge is -2.09. The molecule has 0 amide bonds. The highest BCUT2D eigenvalue weighted by molar-refractivity contribution is 5.70. The molecule has 1 N–H and O–H groups in total. The summed E-state index contributed by atoms with van der Waals surface area (Å²) in [5, 5.41) is 8.54. The lowest BCUT2D eigenvalue weighted by Crippen LogP contribution is -2.15. The first kappa shape index (κ1) is 44.0. The number of carbonyl (C=O) groups is 3. The number of carboxylic acid groups (broad SMARTS) is 1. The molecule has 16 heteroatoms. The fourth-order valence-electron chi connectivity index (χ4n) is 3.17. The van der Waals surface area contributed by atoms with E-state index in [-0.39, 0.29) is 44.4 Å². The van der Waals surface area contributed by atoms with Crippen LogP contribution in [0.3, 0.4) is 0 Å². The second-order valence-corrected chi connectivity index (χ2v) is 9.27. The van der Waals surface area contributed by atoms with E-state index in [0.29, 0.717) is 138 Å². The first-order valence-corrected chi connectivity index (χ1v) is 15.8. The summed E-state index contributed by atoms with van der Waals surface area (Å²) in [6, 6.07) is 0. The van der Waals surface area contributed by atoms with Crippen LogP contribution < -0.4 is 0 Å². The summed E-state index contributed by atoms with van der Waals surface area (Å²) in [5.41, 5.74) is 0. The third-order valence-electron chi connectivity index (χ3n) is 5.54. The fourth-order valence-corrected chi connectivity index (χ4v) is 3.17. The number of rotatable bonds is 38. The van der Waals surface area contributed by atoms with Crippen LogP contribution in [0.4, 0.5) is 0 Å². The summed E-state index contributed by atoms with van der Waals surface area (Å²) in [6.45, 7) is 8.93. The van der Waals surface area contributed by atoms with Crippen molar-refractivity contribution in [3.8, 4) is 0 Å². The molecule has 0 fully saturated rings. The summed E-state index contributed by atoms with van der Waals surface area (Å²) < 4.78 is 63.5. The molecule has 0 atom stereocenters. The Morgan fingerprint density at radius 3 is 0.957 bits per heavy atom. The maximum absolute atomic E-state index is 11.5. The highest BCUT2D eigenvalue weighted by atomic mass is 16.6. The van der Waals surface area contributed by atoms with Gasteiger partial charge in [-0.25, -0.2) is 0 Å². The first-order chi connectivity index (χ1) is 22.6. The molecule has 46 heavy (non-hydrogen) atoms. The molecule has 0 spiro atoms. The average molecular weight is 673 g/mol. The second kappa shape index (κ2) is 37.5. The number of carboxylic acids is 1. The van der Waals surface area contributed by atoms with Crippen molar-refractivity contribution in [3.63, 3.8) is 0 Å². The second-order valence-electron chi connectivity index (χ2n) is 9.27. The highest BCUT2D eigenvalue weighted by Crippen LogP contribution is 2.01. The van der Waals surface area contributed by atoms with E-state index in [9.17, 15) is 14.4 Å². The van der Waals surface area contributed by atoms with Crippen LogP contribution in [0.15, 0.2) is 0 Å².